The normalized spacial score (nSPS) is 11.1. The Morgan fingerprint density at radius 2 is 1.30 bits per heavy atom. The summed E-state index contributed by atoms with van der Waals surface area (Å²) in [4.78, 5) is 25.3. The van der Waals surface area contributed by atoms with Gasteiger partial charge in [0.05, 0.1) is 0 Å². The number of nitrogens with one attached hydrogen (secondary N) is 1. The van der Waals surface area contributed by atoms with Crippen LogP contribution in [-0.2, 0) is 16.1 Å². The van der Waals surface area contributed by atoms with Gasteiger partial charge in [0.2, 0.25) is 0 Å². The summed E-state index contributed by atoms with van der Waals surface area (Å²) in [7, 11) is 0. The van der Waals surface area contributed by atoms with Crippen LogP contribution in [0.5, 0.6) is 34.5 Å². The molecular formula is C23H19NO9. The van der Waals surface area contributed by atoms with E-state index in [1.165, 1.54) is 42.5 Å². The summed E-state index contributed by atoms with van der Waals surface area (Å²) in [6, 6.07) is 10.9. The van der Waals surface area contributed by atoms with E-state index in [1.54, 1.807) is 0 Å². The predicted octanol–water partition coefficient (Wildman–Crippen LogP) is 2.43. The first kappa shape index (κ1) is 22.8. The van der Waals surface area contributed by atoms with E-state index in [-0.39, 0.29) is 34.9 Å². The number of rotatable bonds is 6. The van der Waals surface area contributed by atoms with E-state index in [0.717, 1.165) is 18.2 Å². The standard InChI is InChI=1S/C23H19NO9/c25-16-4-1-12(8-19(16)28)7-15(24-22(31)14-3-6-18(27)21(30)10-14)23(32)33-11-13-2-5-17(26)20(29)9-13/h1-10,25-30H,11H2,(H,24,31)/b15-7-. The van der Waals surface area contributed by atoms with Gasteiger partial charge in [-0.2, -0.15) is 0 Å². The molecular weight excluding hydrogens is 434 g/mol. The minimum Gasteiger partial charge on any atom is -0.504 e. The second kappa shape index (κ2) is 9.52. The van der Waals surface area contributed by atoms with E-state index in [2.05, 4.69) is 5.32 Å². The molecule has 10 nitrogen and oxygen atoms in total. The Bertz CT molecular complexity index is 1250. The number of amides is 1. The maximum absolute atomic E-state index is 12.7. The molecule has 0 heterocycles. The highest BCUT2D eigenvalue weighted by molar-refractivity contribution is 6.03. The third-order valence-corrected chi connectivity index (χ3v) is 4.43. The molecule has 0 radical (unpaired) electrons. The Hall–Kier alpha value is -4.86. The van der Waals surface area contributed by atoms with Crippen LogP contribution in [0.15, 0.2) is 60.3 Å². The molecule has 170 valence electrons. The first-order valence-electron chi connectivity index (χ1n) is 9.39. The van der Waals surface area contributed by atoms with Crippen molar-refractivity contribution in [1.29, 1.82) is 0 Å². The second-order valence-corrected chi connectivity index (χ2v) is 6.86. The SMILES string of the molecule is O=C(OCc1ccc(O)c(O)c1)/C(=C/c1ccc(O)c(O)c1)NC(=O)c1ccc(O)c(O)c1. The van der Waals surface area contributed by atoms with Crippen molar-refractivity contribution in [2.75, 3.05) is 0 Å². The van der Waals surface area contributed by atoms with Gasteiger partial charge in [0.1, 0.15) is 12.3 Å². The van der Waals surface area contributed by atoms with E-state index in [0.29, 0.717) is 5.56 Å². The molecule has 0 saturated carbocycles. The minimum atomic E-state index is -0.980. The van der Waals surface area contributed by atoms with E-state index in [9.17, 15) is 40.2 Å². The zero-order chi connectivity index (χ0) is 24.1. The summed E-state index contributed by atoms with van der Waals surface area (Å²) < 4.78 is 5.17. The van der Waals surface area contributed by atoms with Crippen LogP contribution in [0.25, 0.3) is 6.08 Å². The molecule has 0 aliphatic heterocycles. The highest BCUT2D eigenvalue weighted by Gasteiger charge is 2.18. The Morgan fingerprint density at radius 3 is 1.91 bits per heavy atom. The summed E-state index contributed by atoms with van der Waals surface area (Å²) in [5.41, 5.74) is 0.185. The highest BCUT2D eigenvalue weighted by Crippen LogP contribution is 2.28. The number of carbonyl (C=O) groups is 2. The zero-order valence-corrected chi connectivity index (χ0v) is 16.9. The van der Waals surface area contributed by atoms with Gasteiger partial charge in [-0.15, -0.1) is 0 Å². The van der Waals surface area contributed by atoms with Gasteiger partial charge in [-0.3, -0.25) is 4.79 Å². The van der Waals surface area contributed by atoms with Crippen LogP contribution in [0, 0.1) is 0 Å². The number of phenols is 6. The third-order valence-electron chi connectivity index (χ3n) is 4.43. The lowest BCUT2D eigenvalue weighted by molar-refractivity contribution is -0.140. The van der Waals surface area contributed by atoms with Crippen molar-refractivity contribution in [1.82, 2.24) is 5.32 Å². The first-order valence-corrected chi connectivity index (χ1v) is 9.39. The average Bonchev–Trinajstić information content (AvgIpc) is 2.78. The van der Waals surface area contributed by atoms with Crippen LogP contribution in [0.4, 0.5) is 0 Å². The second-order valence-electron chi connectivity index (χ2n) is 6.86. The summed E-state index contributed by atoms with van der Waals surface area (Å²) in [6.07, 6.45) is 1.19. The number of aromatic hydroxyl groups is 6. The fraction of sp³-hybridized carbons (Fsp3) is 0.0435. The van der Waals surface area contributed by atoms with E-state index < -0.39 is 34.9 Å². The minimum absolute atomic E-state index is 0.0685. The fourth-order valence-corrected chi connectivity index (χ4v) is 2.69. The maximum Gasteiger partial charge on any atom is 0.355 e. The number of esters is 1. The molecule has 7 N–H and O–H groups in total. The van der Waals surface area contributed by atoms with Crippen LogP contribution in [0.3, 0.4) is 0 Å². The maximum atomic E-state index is 12.7. The molecule has 0 aliphatic carbocycles. The summed E-state index contributed by atoms with van der Waals surface area (Å²) in [6.45, 7) is -0.305. The number of hydrogen-bond acceptors (Lipinski definition) is 9. The number of phenolic OH excluding ortho intramolecular Hbond substituents is 6. The number of benzene rings is 3. The Kier molecular flexibility index (Phi) is 6.58. The summed E-state index contributed by atoms with van der Waals surface area (Å²) in [5, 5.41) is 59.5. The molecule has 3 aromatic rings. The van der Waals surface area contributed by atoms with E-state index >= 15 is 0 Å². The van der Waals surface area contributed by atoms with Crippen LogP contribution >= 0.6 is 0 Å². The van der Waals surface area contributed by atoms with Crippen LogP contribution < -0.4 is 5.32 Å². The van der Waals surface area contributed by atoms with Gasteiger partial charge in [0, 0.05) is 5.56 Å². The summed E-state index contributed by atoms with van der Waals surface area (Å²) >= 11 is 0. The zero-order valence-electron chi connectivity index (χ0n) is 16.9. The van der Waals surface area contributed by atoms with Crippen molar-refractivity contribution in [2.45, 2.75) is 6.61 Å². The highest BCUT2D eigenvalue weighted by atomic mass is 16.5. The molecule has 0 atom stereocenters. The van der Waals surface area contributed by atoms with Crippen molar-refractivity contribution in [3.05, 3.63) is 77.0 Å². The van der Waals surface area contributed by atoms with E-state index in [1.807, 2.05) is 0 Å². The van der Waals surface area contributed by atoms with Crippen LogP contribution in [0.2, 0.25) is 0 Å². The number of hydrogen-bond donors (Lipinski definition) is 7. The smallest absolute Gasteiger partial charge is 0.355 e. The molecule has 1 amide bonds. The molecule has 0 unspecified atom stereocenters. The van der Waals surface area contributed by atoms with Gasteiger partial charge in [0.15, 0.2) is 34.5 Å². The molecule has 3 rings (SSSR count). The van der Waals surface area contributed by atoms with Crippen molar-refractivity contribution >= 4 is 18.0 Å². The average molecular weight is 453 g/mol. The molecule has 0 aliphatic rings. The number of carbonyl (C=O) groups excluding carboxylic acids is 2. The predicted molar refractivity (Wildman–Crippen MR) is 115 cm³/mol. The molecule has 10 heteroatoms. The fourth-order valence-electron chi connectivity index (χ4n) is 2.69. The van der Waals surface area contributed by atoms with Gasteiger partial charge < -0.3 is 40.7 Å². The molecule has 0 spiro atoms. The van der Waals surface area contributed by atoms with E-state index in [4.69, 9.17) is 4.74 Å². The quantitative estimate of drug-likeness (QED) is 0.168. The van der Waals surface area contributed by atoms with Gasteiger partial charge in [-0.25, -0.2) is 4.79 Å². The van der Waals surface area contributed by atoms with Crippen molar-refractivity contribution < 1.29 is 45.0 Å². The van der Waals surface area contributed by atoms with Gasteiger partial charge in [0.25, 0.3) is 5.91 Å². The Labute approximate surface area is 186 Å². The molecule has 3 aromatic carbocycles. The van der Waals surface area contributed by atoms with Gasteiger partial charge >= 0.3 is 5.97 Å². The molecule has 0 saturated heterocycles. The van der Waals surface area contributed by atoms with Crippen molar-refractivity contribution in [2.24, 2.45) is 0 Å². The van der Waals surface area contributed by atoms with Crippen molar-refractivity contribution in [3.8, 4) is 34.5 Å². The third kappa shape index (κ3) is 5.64. The monoisotopic (exact) mass is 453 g/mol. The Morgan fingerprint density at radius 1 is 0.727 bits per heavy atom. The molecule has 0 fully saturated rings. The largest absolute Gasteiger partial charge is 0.504 e. The van der Waals surface area contributed by atoms with Gasteiger partial charge in [-0.1, -0.05) is 12.1 Å². The Balaban J connectivity index is 1.86. The van der Waals surface area contributed by atoms with Crippen LogP contribution in [-0.4, -0.2) is 42.5 Å². The van der Waals surface area contributed by atoms with Gasteiger partial charge in [-0.05, 0) is 59.7 Å². The topological polar surface area (TPSA) is 177 Å². The summed E-state index contributed by atoms with van der Waals surface area (Å²) in [5.74, 6) is -4.34. The lowest BCUT2D eigenvalue weighted by atomic mass is 10.1. The lowest BCUT2D eigenvalue weighted by Crippen LogP contribution is -2.28. The molecule has 0 aromatic heterocycles. The van der Waals surface area contributed by atoms with Crippen molar-refractivity contribution in [3.63, 3.8) is 0 Å². The lowest BCUT2D eigenvalue weighted by Gasteiger charge is -2.12. The first-order chi connectivity index (χ1) is 15.6. The van der Waals surface area contributed by atoms with Crippen LogP contribution in [0.1, 0.15) is 21.5 Å². The number of ether oxygens (including phenoxy) is 1. The molecule has 33 heavy (non-hydrogen) atoms. The molecule has 0 bridgehead atoms.